The summed E-state index contributed by atoms with van der Waals surface area (Å²) in [5.41, 5.74) is 5.84. The Hall–Kier alpha value is -1.61. The fraction of sp³-hybridized carbons (Fsp3) is 0. The molecule has 0 unspecified atom stereocenters. The number of nitrogen functional groups attached to an aromatic ring is 1. The van der Waals surface area contributed by atoms with E-state index in [9.17, 15) is 8.78 Å². The van der Waals surface area contributed by atoms with Crippen LogP contribution in [-0.4, -0.2) is 0 Å². The second-order valence-corrected chi connectivity index (χ2v) is 3.80. The summed E-state index contributed by atoms with van der Waals surface area (Å²) in [6, 6.07) is 9.08. The molecule has 0 amide bonds. The van der Waals surface area contributed by atoms with Crippen molar-refractivity contribution in [3.05, 3.63) is 53.1 Å². The topological polar surface area (TPSA) is 26.0 Å². The van der Waals surface area contributed by atoms with E-state index in [1.807, 2.05) is 0 Å². The maximum Gasteiger partial charge on any atom is 0.149 e. The second kappa shape index (κ2) is 4.10. The lowest BCUT2D eigenvalue weighted by molar-refractivity contribution is 0.592. The molecule has 2 aromatic carbocycles. The van der Waals surface area contributed by atoms with Gasteiger partial charge in [-0.05, 0) is 35.4 Å². The molecule has 0 bridgehead atoms. The largest absolute Gasteiger partial charge is 0.394 e. The number of hydrogen-bond donors (Lipinski definition) is 1. The minimum atomic E-state index is -0.759. The highest BCUT2D eigenvalue weighted by Crippen LogP contribution is 2.26. The Morgan fingerprint density at radius 2 is 1.38 bits per heavy atom. The Kier molecular flexibility index (Phi) is 2.79. The van der Waals surface area contributed by atoms with Crippen molar-refractivity contribution in [1.29, 1.82) is 0 Å². The minimum absolute atomic E-state index is 0.431. The first-order valence-electron chi connectivity index (χ1n) is 4.58. The maximum atomic E-state index is 13.2. The van der Waals surface area contributed by atoms with E-state index in [1.165, 1.54) is 12.1 Å². The lowest BCUT2D eigenvalue weighted by Crippen LogP contribution is -1.95. The maximum absolute atomic E-state index is 13.2. The van der Waals surface area contributed by atoms with E-state index in [2.05, 4.69) is 0 Å². The van der Waals surface area contributed by atoms with Gasteiger partial charge in [-0.1, -0.05) is 23.7 Å². The van der Waals surface area contributed by atoms with E-state index < -0.39 is 17.3 Å². The third kappa shape index (κ3) is 1.99. The Morgan fingerprint density at radius 3 is 1.88 bits per heavy atom. The third-order valence-corrected chi connectivity index (χ3v) is 2.51. The normalized spacial score (nSPS) is 10.4. The zero-order chi connectivity index (χ0) is 11.7. The van der Waals surface area contributed by atoms with Gasteiger partial charge in [0.2, 0.25) is 0 Å². The highest BCUT2D eigenvalue weighted by molar-refractivity contribution is 6.30. The minimum Gasteiger partial charge on any atom is -0.394 e. The van der Waals surface area contributed by atoms with Gasteiger partial charge in [0.1, 0.15) is 17.3 Å². The summed E-state index contributed by atoms with van der Waals surface area (Å²) >= 11 is 5.72. The molecule has 0 atom stereocenters. The van der Waals surface area contributed by atoms with Crippen LogP contribution in [-0.2, 0) is 0 Å². The smallest absolute Gasteiger partial charge is 0.149 e. The highest BCUT2D eigenvalue weighted by Gasteiger charge is 2.08. The van der Waals surface area contributed by atoms with Crippen molar-refractivity contribution < 1.29 is 8.78 Å². The molecule has 16 heavy (non-hydrogen) atoms. The van der Waals surface area contributed by atoms with Crippen molar-refractivity contribution in [2.75, 3.05) is 5.73 Å². The summed E-state index contributed by atoms with van der Waals surface area (Å²) in [6.07, 6.45) is 0. The number of anilines is 1. The Balaban J connectivity index is 2.52. The van der Waals surface area contributed by atoms with E-state index in [1.54, 1.807) is 24.3 Å². The molecule has 0 radical (unpaired) electrons. The van der Waals surface area contributed by atoms with Crippen LogP contribution in [0, 0.1) is 11.6 Å². The van der Waals surface area contributed by atoms with Crippen LogP contribution in [0.2, 0.25) is 5.02 Å². The molecular formula is C12H8ClF2N. The molecule has 82 valence electrons. The van der Waals surface area contributed by atoms with Gasteiger partial charge >= 0.3 is 0 Å². The van der Waals surface area contributed by atoms with E-state index in [4.69, 9.17) is 17.3 Å². The molecular weight excluding hydrogens is 232 g/mol. The Morgan fingerprint density at radius 1 is 0.875 bits per heavy atom. The molecule has 0 aromatic heterocycles. The van der Waals surface area contributed by atoms with Crippen molar-refractivity contribution in [3.63, 3.8) is 0 Å². The van der Waals surface area contributed by atoms with Crippen molar-refractivity contribution in [1.82, 2.24) is 0 Å². The van der Waals surface area contributed by atoms with Gasteiger partial charge in [-0.15, -0.1) is 0 Å². The van der Waals surface area contributed by atoms with Crippen LogP contribution >= 0.6 is 11.6 Å². The number of hydrogen-bond acceptors (Lipinski definition) is 1. The monoisotopic (exact) mass is 239 g/mol. The number of rotatable bonds is 1. The van der Waals surface area contributed by atoms with Crippen LogP contribution < -0.4 is 5.73 Å². The average Bonchev–Trinajstić information content (AvgIpc) is 2.26. The molecule has 2 rings (SSSR count). The third-order valence-electron chi connectivity index (χ3n) is 2.26. The van der Waals surface area contributed by atoms with Crippen LogP contribution in [0.5, 0.6) is 0 Å². The van der Waals surface area contributed by atoms with Crippen molar-refractivity contribution >= 4 is 17.3 Å². The molecule has 0 fully saturated rings. The predicted molar refractivity (Wildman–Crippen MR) is 61.2 cm³/mol. The molecule has 0 aliphatic rings. The predicted octanol–water partition coefficient (Wildman–Crippen LogP) is 3.87. The van der Waals surface area contributed by atoms with Gasteiger partial charge in [0.15, 0.2) is 0 Å². The van der Waals surface area contributed by atoms with Gasteiger partial charge in [0.25, 0.3) is 0 Å². The lowest BCUT2D eigenvalue weighted by Gasteiger charge is -2.05. The average molecular weight is 240 g/mol. The molecule has 2 aromatic rings. The van der Waals surface area contributed by atoms with Crippen LogP contribution in [0.4, 0.5) is 14.5 Å². The van der Waals surface area contributed by atoms with Gasteiger partial charge in [0, 0.05) is 5.02 Å². The molecule has 1 nitrogen and oxygen atoms in total. The van der Waals surface area contributed by atoms with Crippen LogP contribution in [0.15, 0.2) is 36.4 Å². The van der Waals surface area contributed by atoms with E-state index in [0.717, 1.165) is 0 Å². The van der Waals surface area contributed by atoms with E-state index >= 15 is 0 Å². The van der Waals surface area contributed by atoms with Crippen molar-refractivity contribution in [2.24, 2.45) is 0 Å². The van der Waals surface area contributed by atoms with Crippen LogP contribution in [0.3, 0.4) is 0 Å². The zero-order valence-electron chi connectivity index (χ0n) is 8.18. The fourth-order valence-corrected chi connectivity index (χ4v) is 1.52. The zero-order valence-corrected chi connectivity index (χ0v) is 8.93. The second-order valence-electron chi connectivity index (χ2n) is 3.36. The first-order chi connectivity index (χ1) is 7.58. The Bertz CT molecular complexity index is 500. The summed E-state index contributed by atoms with van der Waals surface area (Å²) in [5, 5.41) is 0.570. The number of halogens is 3. The van der Waals surface area contributed by atoms with E-state index in [-0.39, 0.29) is 0 Å². The molecule has 0 spiro atoms. The summed E-state index contributed by atoms with van der Waals surface area (Å²) in [6.45, 7) is 0. The number of nitrogens with two attached hydrogens (primary N) is 1. The van der Waals surface area contributed by atoms with Crippen LogP contribution in [0.1, 0.15) is 0 Å². The fourth-order valence-electron chi connectivity index (χ4n) is 1.39. The van der Waals surface area contributed by atoms with E-state index in [0.29, 0.717) is 16.1 Å². The van der Waals surface area contributed by atoms with Gasteiger partial charge in [-0.25, -0.2) is 8.78 Å². The van der Waals surface area contributed by atoms with Crippen molar-refractivity contribution in [3.8, 4) is 11.1 Å². The van der Waals surface area contributed by atoms with Gasteiger partial charge in [-0.3, -0.25) is 0 Å². The quantitative estimate of drug-likeness (QED) is 0.751. The standard InChI is InChI=1S/C12H8ClF2N/c13-9-3-1-7(2-4-9)8-5-10(14)12(16)11(15)6-8/h1-6H,16H2. The van der Waals surface area contributed by atoms with Crippen molar-refractivity contribution in [2.45, 2.75) is 0 Å². The molecule has 0 aliphatic carbocycles. The molecule has 0 saturated carbocycles. The Labute approximate surface area is 96.5 Å². The molecule has 0 heterocycles. The van der Waals surface area contributed by atoms with Gasteiger partial charge < -0.3 is 5.73 Å². The summed E-state index contributed by atoms with van der Waals surface area (Å²) in [4.78, 5) is 0. The first kappa shape index (κ1) is 10.9. The summed E-state index contributed by atoms with van der Waals surface area (Å²) < 4.78 is 26.4. The molecule has 4 heteroatoms. The molecule has 0 aliphatic heterocycles. The first-order valence-corrected chi connectivity index (χ1v) is 4.96. The number of benzene rings is 2. The lowest BCUT2D eigenvalue weighted by atomic mass is 10.1. The summed E-state index contributed by atoms with van der Waals surface area (Å²) in [7, 11) is 0. The van der Waals surface area contributed by atoms with Gasteiger partial charge in [-0.2, -0.15) is 0 Å². The SMILES string of the molecule is Nc1c(F)cc(-c2ccc(Cl)cc2)cc1F. The summed E-state index contributed by atoms with van der Waals surface area (Å²) in [5.74, 6) is -1.52. The molecule has 2 N–H and O–H groups in total. The highest BCUT2D eigenvalue weighted by atomic mass is 35.5. The van der Waals surface area contributed by atoms with Crippen LogP contribution in [0.25, 0.3) is 11.1 Å². The molecule has 0 saturated heterocycles. The van der Waals surface area contributed by atoms with Gasteiger partial charge in [0.05, 0.1) is 0 Å².